The van der Waals surface area contributed by atoms with Crippen molar-refractivity contribution in [3.05, 3.63) is 71.2 Å². The van der Waals surface area contributed by atoms with Crippen molar-refractivity contribution in [1.29, 1.82) is 0 Å². The van der Waals surface area contributed by atoms with Crippen LogP contribution in [0.4, 0.5) is 17.6 Å². The summed E-state index contributed by atoms with van der Waals surface area (Å²) in [5.74, 6) is -1.27. The maximum Gasteiger partial charge on any atom is 0.424 e. The van der Waals surface area contributed by atoms with E-state index in [9.17, 15) is 32.3 Å². The summed E-state index contributed by atoms with van der Waals surface area (Å²) < 4.78 is 75.4. The lowest BCUT2D eigenvalue weighted by Gasteiger charge is -2.41. The molecule has 0 saturated heterocycles. The van der Waals surface area contributed by atoms with Crippen LogP contribution in [0.2, 0.25) is 0 Å². The van der Waals surface area contributed by atoms with Crippen LogP contribution in [0, 0.1) is 5.82 Å². The Hall–Kier alpha value is -4.39. The molecule has 2 heterocycles. The molecule has 1 aliphatic heterocycles. The molecule has 6 rings (SSSR count). The first-order valence-electron chi connectivity index (χ1n) is 15.4. The van der Waals surface area contributed by atoms with E-state index in [-0.39, 0.29) is 46.6 Å². The monoisotopic (exact) mass is 657 g/mol. The zero-order valence-electron chi connectivity index (χ0n) is 26.1. The van der Waals surface area contributed by atoms with E-state index < -0.39 is 52.6 Å². The predicted octanol–water partition coefficient (Wildman–Crippen LogP) is 5.33. The van der Waals surface area contributed by atoms with Gasteiger partial charge in [-0.3, -0.25) is 9.59 Å². The summed E-state index contributed by atoms with van der Waals surface area (Å²) in [6, 6.07) is 10.1. The fourth-order valence-electron chi connectivity index (χ4n) is 5.75. The number of pyridine rings is 1. The maximum atomic E-state index is 14.9. The number of ether oxygens (including phenoxy) is 3. The first kappa shape index (κ1) is 32.5. The number of carbonyl (C=O) groups is 2. The smallest absolute Gasteiger partial charge is 0.424 e. The van der Waals surface area contributed by atoms with Gasteiger partial charge in [-0.15, -0.1) is 0 Å². The lowest BCUT2D eigenvalue weighted by Crippen LogP contribution is -2.56. The number of benzene rings is 2. The molecule has 2 fully saturated rings. The van der Waals surface area contributed by atoms with Gasteiger partial charge in [-0.05, 0) is 94.5 Å². The van der Waals surface area contributed by atoms with Gasteiger partial charge in [0.1, 0.15) is 29.3 Å². The van der Waals surface area contributed by atoms with Gasteiger partial charge in [-0.25, -0.2) is 9.37 Å². The number of hydrogen-bond donors (Lipinski definition) is 3. The van der Waals surface area contributed by atoms with Crippen LogP contribution in [0.5, 0.6) is 17.2 Å². The number of halogens is 4. The zero-order chi connectivity index (χ0) is 33.8. The van der Waals surface area contributed by atoms with Crippen LogP contribution in [-0.2, 0) is 15.8 Å². The van der Waals surface area contributed by atoms with Crippen molar-refractivity contribution >= 4 is 11.8 Å². The highest BCUT2D eigenvalue weighted by Gasteiger charge is 2.58. The second kappa shape index (κ2) is 11.7. The van der Waals surface area contributed by atoms with Gasteiger partial charge in [0.25, 0.3) is 5.91 Å². The number of aromatic nitrogens is 1. The van der Waals surface area contributed by atoms with Crippen LogP contribution in [-0.4, -0.2) is 60.0 Å². The Morgan fingerprint density at radius 3 is 2.36 bits per heavy atom. The summed E-state index contributed by atoms with van der Waals surface area (Å²) in [6.45, 7) is 1.93. The molecule has 47 heavy (non-hydrogen) atoms. The molecule has 2 amide bonds. The Balaban J connectivity index is 1.37. The summed E-state index contributed by atoms with van der Waals surface area (Å²) in [7, 11) is 1.38. The molecule has 13 heteroatoms. The van der Waals surface area contributed by atoms with Crippen molar-refractivity contribution in [3.8, 4) is 28.5 Å². The third-order valence-electron chi connectivity index (χ3n) is 9.21. The molecule has 2 aliphatic carbocycles. The lowest BCUT2D eigenvalue weighted by atomic mass is 9.76. The molecule has 1 aromatic heterocycles. The van der Waals surface area contributed by atoms with Crippen molar-refractivity contribution in [3.63, 3.8) is 0 Å². The Labute approximate surface area is 268 Å². The fraction of sp³-hybridized carbons (Fsp3) is 0.441. The minimum Gasteiger partial charge on any atom is -0.493 e. The van der Waals surface area contributed by atoms with E-state index in [1.54, 1.807) is 6.92 Å². The zero-order valence-corrected chi connectivity index (χ0v) is 26.1. The SMILES string of the molecule is COc1cc(C(=O)NC[C@](O)(c2cc3c(c(-c4ccc(F)cc4)n2)OC[C@]3(C)C(=O)NC2(C)CCC2)C(F)(F)F)ccc1OC1CC1. The summed E-state index contributed by atoms with van der Waals surface area (Å²) >= 11 is 0. The molecule has 3 aliphatic rings. The van der Waals surface area contributed by atoms with Gasteiger partial charge >= 0.3 is 6.18 Å². The van der Waals surface area contributed by atoms with Gasteiger partial charge < -0.3 is 30.0 Å². The molecule has 3 N–H and O–H groups in total. The number of alkyl halides is 3. The van der Waals surface area contributed by atoms with Crippen LogP contribution >= 0.6 is 0 Å². The number of rotatable bonds is 10. The second-order valence-electron chi connectivity index (χ2n) is 13.0. The topological polar surface area (TPSA) is 119 Å². The Morgan fingerprint density at radius 1 is 1.06 bits per heavy atom. The van der Waals surface area contributed by atoms with E-state index in [1.165, 1.54) is 37.4 Å². The third-order valence-corrected chi connectivity index (χ3v) is 9.21. The van der Waals surface area contributed by atoms with E-state index in [4.69, 9.17) is 14.2 Å². The first-order chi connectivity index (χ1) is 22.2. The molecular weight excluding hydrogens is 622 g/mol. The van der Waals surface area contributed by atoms with Crippen LogP contribution in [0.1, 0.15) is 67.6 Å². The number of amides is 2. The van der Waals surface area contributed by atoms with Gasteiger partial charge in [-0.1, -0.05) is 0 Å². The molecular formula is C34H35F4N3O6. The number of fused-ring (bicyclic) bond motifs is 1. The van der Waals surface area contributed by atoms with Gasteiger partial charge in [0, 0.05) is 22.2 Å². The molecule has 9 nitrogen and oxygen atoms in total. The minimum atomic E-state index is -5.33. The van der Waals surface area contributed by atoms with Crippen LogP contribution < -0.4 is 24.8 Å². The van der Waals surface area contributed by atoms with Crippen molar-refractivity contribution in [2.45, 2.75) is 74.8 Å². The first-order valence-corrected chi connectivity index (χ1v) is 15.4. The largest absolute Gasteiger partial charge is 0.493 e. The van der Waals surface area contributed by atoms with Crippen molar-refractivity contribution in [2.75, 3.05) is 20.3 Å². The average Bonchev–Trinajstić information content (AvgIpc) is 3.78. The number of carbonyl (C=O) groups excluding carboxylic acids is 2. The standard InChI is InChI=1S/C34H35F4N3O6/c1-31(13-4-14-31)41-30(43)32(2)18-46-28-23(32)16-26(40-27(28)19-5-8-21(35)9-6-19)33(44,34(36,37)38)17-39-29(42)20-7-12-24(25(15-20)45-3)47-22-10-11-22/h5-9,12,15-16,22,44H,4,10-11,13-14,17-18H2,1-3H3,(H,39,42)(H,41,43)/t32-,33-/m0/s1. The highest BCUT2D eigenvalue weighted by molar-refractivity contribution is 5.95. The Bertz CT molecular complexity index is 1710. The predicted molar refractivity (Wildman–Crippen MR) is 162 cm³/mol. The highest BCUT2D eigenvalue weighted by Crippen LogP contribution is 2.48. The average molecular weight is 658 g/mol. The molecule has 0 spiro atoms. The summed E-state index contributed by atoms with van der Waals surface area (Å²) in [5, 5.41) is 16.6. The lowest BCUT2D eigenvalue weighted by molar-refractivity contribution is -0.265. The number of nitrogens with zero attached hydrogens (tertiary/aromatic N) is 1. The van der Waals surface area contributed by atoms with Crippen molar-refractivity contribution in [2.24, 2.45) is 0 Å². The quantitative estimate of drug-likeness (QED) is 0.253. The number of nitrogens with one attached hydrogen (secondary N) is 2. The molecule has 0 radical (unpaired) electrons. The molecule has 3 aromatic rings. The van der Waals surface area contributed by atoms with Gasteiger partial charge in [0.15, 0.2) is 11.5 Å². The third kappa shape index (κ3) is 6.08. The summed E-state index contributed by atoms with van der Waals surface area (Å²) in [5.41, 5.74) is -6.34. The van der Waals surface area contributed by atoms with E-state index in [2.05, 4.69) is 15.6 Å². The van der Waals surface area contributed by atoms with Gasteiger partial charge in [-0.2, -0.15) is 13.2 Å². The summed E-state index contributed by atoms with van der Waals surface area (Å²) in [4.78, 5) is 31.0. The van der Waals surface area contributed by atoms with Gasteiger partial charge in [0.05, 0.1) is 25.5 Å². The van der Waals surface area contributed by atoms with Crippen LogP contribution in [0.25, 0.3) is 11.3 Å². The second-order valence-corrected chi connectivity index (χ2v) is 13.0. The Morgan fingerprint density at radius 2 is 1.77 bits per heavy atom. The number of aliphatic hydroxyl groups is 1. The van der Waals surface area contributed by atoms with Crippen molar-refractivity contribution in [1.82, 2.24) is 15.6 Å². The maximum absolute atomic E-state index is 14.9. The van der Waals surface area contributed by atoms with E-state index >= 15 is 0 Å². The fourth-order valence-corrected chi connectivity index (χ4v) is 5.75. The molecule has 2 atom stereocenters. The van der Waals surface area contributed by atoms with Crippen molar-refractivity contribution < 1.29 is 46.5 Å². The molecule has 250 valence electrons. The summed E-state index contributed by atoms with van der Waals surface area (Å²) in [6.07, 6.45) is -1.09. The normalized spacial score (nSPS) is 21.0. The van der Waals surface area contributed by atoms with Crippen LogP contribution in [0.3, 0.4) is 0 Å². The molecule has 2 aromatic carbocycles. The van der Waals surface area contributed by atoms with E-state index in [0.717, 1.165) is 50.3 Å². The number of hydrogen-bond acceptors (Lipinski definition) is 7. The molecule has 0 unspecified atom stereocenters. The van der Waals surface area contributed by atoms with Gasteiger partial charge in [0.2, 0.25) is 11.5 Å². The Kier molecular flexibility index (Phi) is 8.10. The van der Waals surface area contributed by atoms with E-state index in [0.29, 0.717) is 5.75 Å². The van der Waals surface area contributed by atoms with E-state index in [1.807, 2.05) is 6.92 Å². The highest BCUT2D eigenvalue weighted by atomic mass is 19.4. The number of methoxy groups -OCH3 is 1. The van der Waals surface area contributed by atoms with Crippen LogP contribution in [0.15, 0.2) is 48.5 Å². The molecule has 0 bridgehead atoms. The minimum absolute atomic E-state index is 0.0226. The molecule has 2 saturated carbocycles.